The van der Waals surface area contributed by atoms with Gasteiger partial charge < -0.3 is 16.0 Å². The first-order valence-corrected chi connectivity index (χ1v) is 8.09. The second kappa shape index (κ2) is 8.15. The smallest absolute Gasteiger partial charge is 0.323 e. The van der Waals surface area contributed by atoms with Crippen LogP contribution < -0.4 is 16.0 Å². The van der Waals surface area contributed by atoms with Crippen molar-refractivity contribution in [3.05, 3.63) is 53.6 Å². The molecule has 5 heteroatoms. The highest BCUT2D eigenvalue weighted by Gasteiger charge is 2.10. The van der Waals surface area contributed by atoms with E-state index < -0.39 is 0 Å². The molecule has 0 aliphatic carbocycles. The Balaban J connectivity index is 2.07. The number of hydrogen-bond acceptors (Lipinski definition) is 2. The Morgan fingerprint density at radius 3 is 1.75 bits per heavy atom. The number of anilines is 3. The Labute approximate surface area is 142 Å². The lowest BCUT2D eigenvalue weighted by molar-refractivity contribution is -0.114. The number of aryl methyl sites for hydroxylation is 2. The molecule has 0 fully saturated rings. The number of carbonyl (C=O) groups is 2. The van der Waals surface area contributed by atoms with Crippen molar-refractivity contribution >= 4 is 29.0 Å². The number of rotatable bonds is 5. The molecule has 24 heavy (non-hydrogen) atoms. The first-order valence-electron chi connectivity index (χ1n) is 8.09. The van der Waals surface area contributed by atoms with Crippen molar-refractivity contribution in [3.8, 4) is 0 Å². The molecule has 2 rings (SSSR count). The van der Waals surface area contributed by atoms with Crippen LogP contribution in [0, 0.1) is 0 Å². The summed E-state index contributed by atoms with van der Waals surface area (Å²) >= 11 is 0. The molecule has 2 aromatic carbocycles. The largest absolute Gasteiger partial charge is 0.326 e. The minimum Gasteiger partial charge on any atom is -0.326 e. The minimum absolute atomic E-state index is 0.128. The fraction of sp³-hybridized carbons (Fsp3) is 0.263. The molecule has 0 aliphatic heterocycles. The SMILES string of the molecule is CCc1cccc(CC)c1NC(=O)Nc1ccc(NC(C)=O)cc1. The number of carbonyl (C=O) groups excluding carboxylic acids is 2. The van der Waals surface area contributed by atoms with E-state index in [0.717, 1.165) is 29.7 Å². The van der Waals surface area contributed by atoms with Gasteiger partial charge in [-0.2, -0.15) is 0 Å². The van der Waals surface area contributed by atoms with E-state index in [1.807, 2.05) is 18.2 Å². The predicted molar refractivity (Wildman–Crippen MR) is 98.6 cm³/mol. The number of hydrogen-bond donors (Lipinski definition) is 3. The van der Waals surface area contributed by atoms with Gasteiger partial charge in [-0.15, -0.1) is 0 Å². The van der Waals surface area contributed by atoms with Crippen molar-refractivity contribution in [1.29, 1.82) is 0 Å². The Kier molecular flexibility index (Phi) is 5.95. The van der Waals surface area contributed by atoms with Crippen molar-refractivity contribution in [1.82, 2.24) is 0 Å². The molecule has 0 saturated carbocycles. The van der Waals surface area contributed by atoms with Crippen molar-refractivity contribution in [2.45, 2.75) is 33.6 Å². The van der Waals surface area contributed by atoms with Gasteiger partial charge in [-0.25, -0.2) is 4.79 Å². The van der Waals surface area contributed by atoms with Crippen molar-refractivity contribution in [3.63, 3.8) is 0 Å². The molecule has 0 spiro atoms. The van der Waals surface area contributed by atoms with Gasteiger partial charge in [0, 0.05) is 24.0 Å². The first-order chi connectivity index (χ1) is 11.5. The third kappa shape index (κ3) is 4.59. The third-order valence-electron chi connectivity index (χ3n) is 3.70. The zero-order chi connectivity index (χ0) is 17.5. The van der Waals surface area contributed by atoms with Crippen LogP contribution >= 0.6 is 0 Å². The summed E-state index contributed by atoms with van der Waals surface area (Å²) in [6.07, 6.45) is 1.71. The molecule has 0 radical (unpaired) electrons. The van der Waals surface area contributed by atoms with Crippen molar-refractivity contribution in [2.75, 3.05) is 16.0 Å². The van der Waals surface area contributed by atoms with E-state index in [9.17, 15) is 9.59 Å². The average Bonchev–Trinajstić information content (AvgIpc) is 2.56. The summed E-state index contributed by atoms with van der Waals surface area (Å²) in [5.41, 5.74) is 4.47. The predicted octanol–water partition coefficient (Wildman–Crippen LogP) is 4.41. The monoisotopic (exact) mass is 325 g/mol. The quantitative estimate of drug-likeness (QED) is 0.762. The van der Waals surface area contributed by atoms with Crippen LogP contribution in [-0.4, -0.2) is 11.9 Å². The number of amides is 3. The lowest BCUT2D eigenvalue weighted by Crippen LogP contribution is -2.21. The zero-order valence-electron chi connectivity index (χ0n) is 14.3. The molecule has 0 heterocycles. The molecule has 0 bridgehead atoms. The van der Waals surface area contributed by atoms with Crippen LogP contribution in [0.5, 0.6) is 0 Å². The molecular weight excluding hydrogens is 302 g/mol. The molecule has 0 unspecified atom stereocenters. The topological polar surface area (TPSA) is 70.2 Å². The van der Waals surface area contributed by atoms with E-state index in [2.05, 4.69) is 29.8 Å². The molecule has 5 nitrogen and oxygen atoms in total. The molecule has 3 amide bonds. The van der Waals surface area contributed by atoms with Gasteiger partial charge >= 0.3 is 6.03 Å². The van der Waals surface area contributed by atoms with E-state index in [1.165, 1.54) is 6.92 Å². The van der Waals surface area contributed by atoms with Gasteiger partial charge in [-0.1, -0.05) is 32.0 Å². The van der Waals surface area contributed by atoms with Gasteiger partial charge in [0.2, 0.25) is 5.91 Å². The summed E-state index contributed by atoms with van der Waals surface area (Å²) in [6, 6.07) is 12.8. The highest BCUT2D eigenvalue weighted by molar-refractivity contribution is 6.01. The van der Waals surface area contributed by atoms with Gasteiger partial charge in [-0.3, -0.25) is 4.79 Å². The van der Waals surface area contributed by atoms with Crippen LogP contribution in [0.2, 0.25) is 0 Å². The van der Waals surface area contributed by atoms with Gasteiger partial charge in [0.25, 0.3) is 0 Å². The molecule has 2 aromatic rings. The Hall–Kier alpha value is -2.82. The second-order valence-electron chi connectivity index (χ2n) is 5.50. The van der Waals surface area contributed by atoms with E-state index in [1.54, 1.807) is 24.3 Å². The fourth-order valence-electron chi connectivity index (χ4n) is 2.52. The number of benzene rings is 2. The number of urea groups is 1. The van der Waals surface area contributed by atoms with E-state index in [-0.39, 0.29) is 11.9 Å². The summed E-state index contributed by atoms with van der Waals surface area (Å²) in [5, 5.41) is 8.46. The highest BCUT2D eigenvalue weighted by atomic mass is 16.2. The zero-order valence-corrected chi connectivity index (χ0v) is 14.3. The summed E-state index contributed by atoms with van der Waals surface area (Å²) in [7, 11) is 0. The molecule has 0 aliphatic rings. The van der Waals surface area contributed by atoms with Gasteiger partial charge in [0.1, 0.15) is 0 Å². The third-order valence-corrected chi connectivity index (χ3v) is 3.70. The molecule has 0 saturated heterocycles. The average molecular weight is 325 g/mol. The molecule has 3 N–H and O–H groups in total. The molecule has 0 atom stereocenters. The Bertz CT molecular complexity index is 702. The standard InChI is InChI=1S/C19H23N3O2/c1-4-14-7-6-8-15(5-2)18(14)22-19(24)21-17-11-9-16(10-12-17)20-13(3)23/h6-12H,4-5H2,1-3H3,(H,20,23)(H2,21,22,24). The lowest BCUT2D eigenvalue weighted by atomic mass is 10.0. The van der Waals surface area contributed by atoms with Crippen LogP contribution in [-0.2, 0) is 17.6 Å². The summed E-state index contributed by atoms with van der Waals surface area (Å²) in [4.78, 5) is 23.3. The second-order valence-corrected chi connectivity index (χ2v) is 5.50. The van der Waals surface area contributed by atoms with Crippen LogP contribution in [0.25, 0.3) is 0 Å². The van der Waals surface area contributed by atoms with E-state index in [4.69, 9.17) is 0 Å². The summed E-state index contributed by atoms with van der Waals surface area (Å²) < 4.78 is 0. The minimum atomic E-state index is -0.280. The maximum absolute atomic E-state index is 12.3. The fourth-order valence-corrected chi connectivity index (χ4v) is 2.52. The molecule has 0 aromatic heterocycles. The van der Waals surface area contributed by atoms with Crippen LogP contribution in [0.1, 0.15) is 31.9 Å². The lowest BCUT2D eigenvalue weighted by Gasteiger charge is -2.15. The normalized spacial score (nSPS) is 10.1. The Morgan fingerprint density at radius 2 is 1.29 bits per heavy atom. The van der Waals surface area contributed by atoms with Crippen molar-refractivity contribution < 1.29 is 9.59 Å². The van der Waals surface area contributed by atoms with E-state index in [0.29, 0.717) is 11.4 Å². The highest BCUT2D eigenvalue weighted by Crippen LogP contribution is 2.23. The van der Waals surface area contributed by atoms with Crippen LogP contribution in [0.15, 0.2) is 42.5 Å². The molecule has 126 valence electrons. The van der Waals surface area contributed by atoms with E-state index >= 15 is 0 Å². The van der Waals surface area contributed by atoms with Gasteiger partial charge in [0.15, 0.2) is 0 Å². The number of nitrogens with one attached hydrogen (secondary N) is 3. The number of para-hydroxylation sites is 1. The first kappa shape index (κ1) is 17.5. The summed E-state index contributed by atoms with van der Waals surface area (Å²) in [6.45, 7) is 5.59. The maximum atomic E-state index is 12.3. The summed E-state index contributed by atoms with van der Waals surface area (Å²) in [5.74, 6) is -0.128. The van der Waals surface area contributed by atoms with Crippen LogP contribution in [0.3, 0.4) is 0 Å². The van der Waals surface area contributed by atoms with Gasteiger partial charge in [0.05, 0.1) is 0 Å². The maximum Gasteiger partial charge on any atom is 0.323 e. The van der Waals surface area contributed by atoms with Gasteiger partial charge in [-0.05, 0) is 48.2 Å². The Morgan fingerprint density at radius 1 is 0.792 bits per heavy atom. The van der Waals surface area contributed by atoms with Crippen LogP contribution in [0.4, 0.5) is 21.9 Å². The van der Waals surface area contributed by atoms with Crippen molar-refractivity contribution in [2.24, 2.45) is 0 Å². The molecular formula is C19H23N3O2.